The van der Waals surface area contributed by atoms with Crippen molar-refractivity contribution in [1.82, 2.24) is 21.3 Å². The molecule has 6 nitrogen and oxygen atoms in total. The zero-order valence-corrected chi connectivity index (χ0v) is 14.6. The van der Waals surface area contributed by atoms with Gasteiger partial charge in [0.05, 0.1) is 0 Å². The predicted molar refractivity (Wildman–Crippen MR) is 93.5 cm³/mol. The molecule has 2 aliphatic heterocycles. The lowest BCUT2D eigenvalue weighted by molar-refractivity contribution is -0.128. The van der Waals surface area contributed by atoms with Crippen LogP contribution in [0.2, 0.25) is 0 Å². The Kier molecular flexibility index (Phi) is 6.49. The normalized spacial score (nSPS) is 29.8. The average Bonchev–Trinajstić information content (AvgIpc) is 2.65. The van der Waals surface area contributed by atoms with Crippen LogP contribution in [0.15, 0.2) is 0 Å². The standard InChI is InChI=1S/C18H32N4O2/c23-17(13-5-9-19-10-6-13)21-15-1-2-16(4-3-15)22-18(24)14-7-11-20-12-8-14/h13-16,19-20H,1-12H2,(H,21,23)(H,22,24). The van der Waals surface area contributed by atoms with E-state index in [9.17, 15) is 9.59 Å². The van der Waals surface area contributed by atoms with Gasteiger partial charge >= 0.3 is 0 Å². The lowest BCUT2D eigenvalue weighted by Crippen LogP contribution is -2.48. The van der Waals surface area contributed by atoms with Crippen LogP contribution < -0.4 is 21.3 Å². The van der Waals surface area contributed by atoms with Gasteiger partial charge in [0.1, 0.15) is 0 Å². The Morgan fingerprint density at radius 3 is 1.25 bits per heavy atom. The third-order valence-electron chi connectivity index (χ3n) is 5.84. The summed E-state index contributed by atoms with van der Waals surface area (Å²) in [7, 11) is 0. The van der Waals surface area contributed by atoms with Crippen LogP contribution in [0.4, 0.5) is 0 Å². The molecule has 0 aromatic heterocycles. The second-order valence-corrected chi connectivity index (χ2v) is 7.61. The molecule has 0 atom stereocenters. The molecule has 3 rings (SSSR count). The molecule has 0 aromatic rings. The first-order valence-corrected chi connectivity index (χ1v) is 9.74. The van der Waals surface area contributed by atoms with E-state index in [0.717, 1.165) is 77.5 Å². The van der Waals surface area contributed by atoms with Crippen LogP contribution in [-0.2, 0) is 9.59 Å². The third-order valence-corrected chi connectivity index (χ3v) is 5.84. The first-order valence-electron chi connectivity index (χ1n) is 9.74. The summed E-state index contributed by atoms with van der Waals surface area (Å²) in [5.41, 5.74) is 0. The number of hydrogen-bond donors (Lipinski definition) is 4. The van der Waals surface area contributed by atoms with Gasteiger partial charge in [0.15, 0.2) is 0 Å². The summed E-state index contributed by atoms with van der Waals surface area (Å²) in [6, 6.07) is 0.582. The fraction of sp³-hybridized carbons (Fsp3) is 0.889. The van der Waals surface area contributed by atoms with Crippen LogP contribution in [0.25, 0.3) is 0 Å². The van der Waals surface area contributed by atoms with E-state index >= 15 is 0 Å². The van der Waals surface area contributed by atoms with Gasteiger partial charge in [-0.1, -0.05) is 0 Å². The second-order valence-electron chi connectivity index (χ2n) is 7.61. The van der Waals surface area contributed by atoms with Crippen molar-refractivity contribution in [1.29, 1.82) is 0 Å². The highest BCUT2D eigenvalue weighted by Gasteiger charge is 2.28. The molecule has 1 aliphatic carbocycles. The van der Waals surface area contributed by atoms with E-state index in [2.05, 4.69) is 21.3 Å². The summed E-state index contributed by atoms with van der Waals surface area (Å²) in [6.45, 7) is 3.81. The minimum Gasteiger partial charge on any atom is -0.353 e. The molecule has 3 aliphatic rings. The molecule has 6 heteroatoms. The van der Waals surface area contributed by atoms with Gasteiger partial charge in [-0.2, -0.15) is 0 Å². The molecule has 0 spiro atoms. The van der Waals surface area contributed by atoms with Crippen molar-refractivity contribution in [3.63, 3.8) is 0 Å². The van der Waals surface area contributed by atoms with Gasteiger partial charge in [0.25, 0.3) is 0 Å². The van der Waals surface area contributed by atoms with Crippen molar-refractivity contribution in [2.24, 2.45) is 11.8 Å². The molecule has 0 aromatic carbocycles. The number of nitrogens with one attached hydrogen (secondary N) is 4. The predicted octanol–water partition coefficient (Wildman–Crippen LogP) is 0.529. The van der Waals surface area contributed by atoms with Crippen LogP contribution in [0.3, 0.4) is 0 Å². The van der Waals surface area contributed by atoms with Crippen LogP contribution >= 0.6 is 0 Å². The Balaban J connectivity index is 1.36. The molecule has 2 saturated heterocycles. The molecule has 0 bridgehead atoms. The van der Waals surface area contributed by atoms with E-state index < -0.39 is 0 Å². The molecule has 0 unspecified atom stereocenters. The first-order chi connectivity index (χ1) is 11.7. The molecule has 136 valence electrons. The molecular formula is C18H32N4O2. The minimum atomic E-state index is 0.184. The van der Waals surface area contributed by atoms with Crippen molar-refractivity contribution in [2.75, 3.05) is 26.2 Å². The zero-order valence-electron chi connectivity index (χ0n) is 14.6. The second kappa shape index (κ2) is 8.81. The summed E-state index contributed by atoms with van der Waals surface area (Å²) in [4.78, 5) is 24.6. The van der Waals surface area contributed by atoms with Gasteiger partial charge in [0.2, 0.25) is 11.8 Å². The number of piperidine rings is 2. The number of carbonyl (C=O) groups is 2. The maximum absolute atomic E-state index is 12.3. The molecule has 0 radical (unpaired) electrons. The Labute approximate surface area is 144 Å². The lowest BCUT2D eigenvalue weighted by atomic mass is 9.89. The van der Waals surface area contributed by atoms with E-state index in [1.54, 1.807) is 0 Å². The smallest absolute Gasteiger partial charge is 0.223 e. The van der Waals surface area contributed by atoms with Gasteiger partial charge in [0, 0.05) is 23.9 Å². The van der Waals surface area contributed by atoms with E-state index in [0.29, 0.717) is 12.1 Å². The molecule has 1 saturated carbocycles. The Hall–Kier alpha value is -1.14. The van der Waals surface area contributed by atoms with Gasteiger partial charge in [-0.15, -0.1) is 0 Å². The topological polar surface area (TPSA) is 82.3 Å². The van der Waals surface area contributed by atoms with E-state index in [1.807, 2.05) is 0 Å². The Bertz CT molecular complexity index is 383. The number of hydrogen-bond acceptors (Lipinski definition) is 4. The first kappa shape index (κ1) is 17.7. The van der Waals surface area contributed by atoms with Crippen LogP contribution in [-0.4, -0.2) is 50.1 Å². The van der Waals surface area contributed by atoms with Gasteiger partial charge in [-0.3, -0.25) is 9.59 Å². The quantitative estimate of drug-likeness (QED) is 0.604. The third kappa shape index (κ3) is 4.93. The van der Waals surface area contributed by atoms with Crippen molar-refractivity contribution in [2.45, 2.75) is 63.5 Å². The largest absolute Gasteiger partial charge is 0.353 e. The SMILES string of the molecule is O=C(NC1CCC(NC(=O)C2CCNCC2)CC1)C1CCNCC1. The Morgan fingerprint density at radius 2 is 0.917 bits per heavy atom. The van der Waals surface area contributed by atoms with Gasteiger partial charge in [-0.05, 0) is 77.5 Å². The van der Waals surface area contributed by atoms with E-state index in [-0.39, 0.29) is 23.7 Å². The Morgan fingerprint density at radius 1 is 0.583 bits per heavy atom. The van der Waals surface area contributed by atoms with Crippen molar-refractivity contribution >= 4 is 11.8 Å². The monoisotopic (exact) mass is 336 g/mol. The highest BCUT2D eigenvalue weighted by atomic mass is 16.2. The highest BCUT2D eigenvalue weighted by molar-refractivity contribution is 5.79. The van der Waals surface area contributed by atoms with E-state index in [1.165, 1.54) is 0 Å². The van der Waals surface area contributed by atoms with Gasteiger partial charge < -0.3 is 21.3 Å². The fourth-order valence-electron chi connectivity index (χ4n) is 4.19. The fourth-order valence-corrected chi connectivity index (χ4v) is 4.19. The molecule has 2 amide bonds. The summed E-state index contributed by atoms with van der Waals surface area (Å²) >= 11 is 0. The highest BCUT2D eigenvalue weighted by Crippen LogP contribution is 2.21. The van der Waals surface area contributed by atoms with Gasteiger partial charge in [-0.25, -0.2) is 0 Å². The summed E-state index contributed by atoms with van der Waals surface area (Å²) in [6.07, 6.45) is 7.73. The van der Waals surface area contributed by atoms with Crippen molar-refractivity contribution in [3.8, 4) is 0 Å². The van der Waals surface area contributed by atoms with Crippen molar-refractivity contribution in [3.05, 3.63) is 0 Å². The minimum absolute atomic E-state index is 0.184. The van der Waals surface area contributed by atoms with Crippen molar-refractivity contribution < 1.29 is 9.59 Å². The number of rotatable bonds is 4. The molecule has 3 fully saturated rings. The summed E-state index contributed by atoms with van der Waals surface area (Å²) in [5.74, 6) is 0.838. The molecular weight excluding hydrogens is 304 g/mol. The summed E-state index contributed by atoms with van der Waals surface area (Å²) < 4.78 is 0. The summed E-state index contributed by atoms with van der Waals surface area (Å²) in [5, 5.41) is 13.1. The number of amides is 2. The maximum atomic E-state index is 12.3. The molecule has 2 heterocycles. The maximum Gasteiger partial charge on any atom is 0.223 e. The van der Waals surface area contributed by atoms with Crippen LogP contribution in [0.5, 0.6) is 0 Å². The average molecular weight is 336 g/mol. The van der Waals surface area contributed by atoms with E-state index in [4.69, 9.17) is 0 Å². The molecule has 4 N–H and O–H groups in total. The zero-order chi connectivity index (χ0) is 16.8. The van der Waals surface area contributed by atoms with Crippen LogP contribution in [0.1, 0.15) is 51.4 Å². The number of carbonyl (C=O) groups excluding carboxylic acids is 2. The lowest BCUT2D eigenvalue weighted by Gasteiger charge is -2.32. The molecule has 24 heavy (non-hydrogen) atoms. The van der Waals surface area contributed by atoms with Crippen LogP contribution in [0, 0.1) is 11.8 Å².